The Morgan fingerprint density at radius 1 is 1.36 bits per heavy atom. The van der Waals surface area contributed by atoms with E-state index in [9.17, 15) is 9.18 Å². The Bertz CT molecular complexity index is 715. The van der Waals surface area contributed by atoms with E-state index in [1.54, 1.807) is 18.2 Å². The van der Waals surface area contributed by atoms with Crippen molar-refractivity contribution in [2.24, 2.45) is 0 Å². The van der Waals surface area contributed by atoms with E-state index in [4.69, 9.17) is 4.42 Å². The number of amides is 1. The van der Waals surface area contributed by atoms with Crippen LogP contribution in [-0.2, 0) is 0 Å². The van der Waals surface area contributed by atoms with E-state index in [0.717, 1.165) is 12.8 Å². The maximum absolute atomic E-state index is 13.7. The summed E-state index contributed by atoms with van der Waals surface area (Å²) in [7, 11) is 0. The molecule has 2 N–H and O–H groups in total. The number of fused-ring (bicyclic) bond motifs is 2. The Labute approximate surface area is 126 Å². The third-order valence-electron chi connectivity index (χ3n) is 4.46. The predicted octanol–water partition coefficient (Wildman–Crippen LogP) is 2.10. The lowest BCUT2D eigenvalue weighted by atomic mass is 9.95. The van der Waals surface area contributed by atoms with Crippen LogP contribution in [-0.4, -0.2) is 29.0 Å². The van der Waals surface area contributed by atoms with Gasteiger partial charge >= 0.3 is 5.91 Å². The number of benzene rings is 1. The second-order valence-electron chi connectivity index (χ2n) is 5.87. The smallest absolute Gasteiger partial charge is 0.307 e. The second kappa shape index (κ2) is 5.21. The maximum Gasteiger partial charge on any atom is 0.307 e. The summed E-state index contributed by atoms with van der Waals surface area (Å²) < 4.78 is 19.1. The van der Waals surface area contributed by atoms with Gasteiger partial charge in [0, 0.05) is 18.1 Å². The van der Waals surface area contributed by atoms with Gasteiger partial charge in [-0.1, -0.05) is 12.1 Å². The summed E-state index contributed by atoms with van der Waals surface area (Å²) in [6, 6.07) is 7.22. The minimum Gasteiger partial charge on any atom is -0.432 e. The molecule has 0 aliphatic carbocycles. The SMILES string of the molecule is O=C(N[C@@H]1C[C@H]2CC[C@@H]1N2)c1ncc(-c2ccccc2F)o1. The molecule has 6 heteroatoms. The predicted molar refractivity (Wildman–Crippen MR) is 77.7 cm³/mol. The Morgan fingerprint density at radius 3 is 2.95 bits per heavy atom. The summed E-state index contributed by atoms with van der Waals surface area (Å²) in [6.45, 7) is 0. The van der Waals surface area contributed by atoms with Crippen LogP contribution in [0.1, 0.15) is 29.9 Å². The van der Waals surface area contributed by atoms with Crippen molar-refractivity contribution in [3.05, 3.63) is 42.2 Å². The number of carbonyl (C=O) groups is 1. The van der Waals surface area contributed by atoms with Crippen LogP contribution in [0.2, 0.25) is 0 Å². The molecule has 2 aromatic rings. The average molecular weight is 301 g/mol. The first-order valence-electron chi connectivity index (χ1n) is 7.48. The molecule has 3 atom stereocenters. The van der Waals surface area contributed by atoms with Crippen LogP contribution in [0.15, 0.2) is 34.9 Å². The second-order valence-corrected chi connectivity index (χ2v) is 5.87. The van der Waals surface area contributed by atoms with Crippen LogP contribution in [0.4, 0.5) is 4.39 Å². The van der Waals surface area contributed by atoms with E-state index in [-0.39, 0.29) is 23.6 Å². The number of oxazole rings is 1. The molecular formula is C16H16FN3O2. The van der Waals surface area contributed by atoms with Crippen LogP contribution in [0, 0.1) is 5.82 Å². The lowest BCUT2D eigenvalue weighted by Crippen LogP contribution is -2.43. The molecular weight excluding hydrogens is 285 g/mol. The molecule has 2 fully saturated rings. The highest BCUT2D eigenvalue weighted by molar-refractivity contribution is 5.90. The minimum absolute atomic E-state index is 0.0268. The molecule has 5 nitrogen and oxygen atoms in total. The van der Waals surface area contributed by atoms with Crippen molar-refractivity contribution in [1.82, 2.24) is 15.6 Å². The van der Waals surface area contributed by atoms with E-state index in [1.165, 1.54) is 18.7 Å². The van der Waals surface area contributed by atoms with E-state index >= 15 is 0 Å². The molecule has 3 heterocycles. The lowest BCUT2D eigenvalue weighted by Gasteiger charge is -2.20. The summed E-state index contributed by atoms with van der Waals surface area (Å²) in [4.78, 5) is 16.2. The van der Waals surface area contributed by atoms with Gasteiger partial charge in [0.05, 0.1) is 11.8 Å². The van der Waals surface area contributed by atoms with Crippen LogP contribution < -0.4 is 10.6 Å². The van der Waals surface area contributed by atoms with Crippen molar-refractivity contribution in [3.63, 3.8) is 0 Å². The van der Waals surface area contributed by atoms with Gasteiger partial charge in [-0.05, 0) is 31.4 Å². The molecule has 2 saturated heterocycles. The first kappa shape index (κ1) is 13.5. The standard InChI is InChI=1S/C16H16FN3O2/c17-11-4-2-1-3-10(11)14-8-18-16(22-14)15(21)20-13-7-9-5-6-12(13)19-9/h1-4,8-9,12-13,19H,5-7H2,(H,20,21)/t9-,12+,13-/m1/s1. The molecule has 114 valence electrons. The number of hydrogen-bond donors (Lipinski definition) is 2. The number of nitrogens with zero attached hydrogens (tertiary/aromatic N) is 1. The monoisotopic (exact) mass is 301 g/mol. The van der Waals surface area contributed by atoms with Gasteiger partial charge in [-0.2, -0.15) is 0 Å². The fourth-order valence-electron chi connectivity index (χ4n) is 3.38. The zero-order valence-electron chi connectivity index (χ0n) is 11.9. The van der Waals surface area contributed by atoms with Gasteiger partial charge in [0.1, 0.15) is 5.82 Å². The summed E-state index contributed by atoms with van der Waals surface area (Å²) in [6.07, 6.45) is 4.58. The molecule has 2 aliphatic heterocycles. The van der Waals surface area contributed by atoms with Crippen LogP contribution in [0.5, 0.6) is 0 Å². The Balaban J connectivity index is 1.49. The number of nitrogens with one attached hydrogen (secondary N) is 2. The first-order chi connectivity index (χ1) is 10.7. The number of hydrogen-bond acceptors (Lipinski definition) is 4. The zero-order chi connectivity index (χ0) is 15.1. The highest BCUT2D eigenvalue weighted by Gasteiger charge is 2.40. The Kier molecular flexibility index (Phi) is 3.18. The molecule has 2 aliphatic rings. The Hall–Kier alpha value is -2.21. The average Bonchev–Trinajstić information content (AvgIpc) is 3.24. The first-order valence-corrected chi connectivity index (χ1v) is 7.48. The van der Waals surface area contributed by atoms with Crippen molar-refractivity contribution in [1.29, 1.82) is 0 Å². The van der Waals surface area contributed by atoms with Crippen LogP contribution >= 0.6 is 0 Å². The molecule has 0 saturated carbocycles. The molecule has 1 aromatic heterocycles. The molecule has 1 amide bonds. The summed E-state index contributed by atoms with van der Waals surface area (Å²) >= 11 is 0. The molecule has 2 bridgehead atoms. The molecule has 0 radical (unpaired) electrons. The fourth-order valence-corrected chi connectivity index (χ4v) is 3.38. The van der Waals surface area contributed by atoms with Gasteiger partial charge in [0.25, 0.3) is 5.89 Å². The van der Waals surface area contributed by atoms with Crippen LogP contribution in [0.25, 0.3) is 11.3 Å². The van der Waals surface area contributed by atoms with Gasteiger partial charge in [0.15, 0.2) is 5.76 Å². The highest BCUT2D eigenvalue weighted by Crippen LogP contribution is 2.28. The summed E-state index contributed by atoms with van der Waals surface area (Å²) in [5.74, 6) is -0.514. The van der Waals surface area contributed by atoms with Crippen molar-refractivity contribution in [2.45, 2.75) is 37.4 Å². The summed E-state index contributed by atoms with van der Waals surface area (Å²) in [5.41, 5.74) is 0.302. The third kappa shape index (κ3) is 2.29. The maximum atomic E-state index is 13.7. The molecule has 1 aromatic carbocycles. The molecule has 4 rings (SSSR count). The number of aromatic nitrogens is 1. The van der Waals surface area contributed by atoms with E-state index in [2.05, 4.69) is 15.6 Å². The van der Waals surface area contributed by atoms with Crippen molar-refractivity contribution in [2.75, 3.05) is 0 Å². The van der Waals surface area contributed by atoms with E-state index in [1.807, 2.05) is 0 Å². The molecule has 22 heavy (non-hydrogen) atoms. The quantitative estimate of drug-likeness (QED) is 0.911. The van der Waals surface area contributed by atoms with Crippen molar-refractivity contribution >= 4 is 5.91 Å². The lowest BCUT2D eigenvalue weighted by molar-refractivity contribution is 0.0896. The van der Waals surface area contributed by atoms with Crippen molar-refractivity contribution in [3.8, 4) is 11.3 Å². The van der Waals surface area contributed by atoms with Gasteiger partial charge in [-0.3, -0.25) is 4.79 Å². The van der Waals surface area contributed by atoms with Gasteiger partial charge < -0.3 is 15.1 Å². The number of carbonyl (C=O) groups excluding carboxylic acids is 1. The van der Waals surface area contributed by atoms with Gasteiger partial charge in [0.2, 0.25) is 0 Å². The third-order valence-corrected chi connectivity index (χ3v) is 4.46. The number of halogens is 1. The minimum atomic E-state index is -0.400. The van der Waals surface area contributed by atoms with Gasteiger partial charge in [-0.15, -0.1) is 0 Å². The fraction of sp³-hybridized carbons (Fsp3) is 0.375. The number of rotatable bonds is 3. The molecule has 0 spiro atoms. The van der Waals surface area contributed by atoms with Gasteiger partial charge in [-0.25, -0.2) is 9.37 Å². The van der Waals surface area contributed by atoms with E-state index < -0.39 is 5.82 Å². The topological polar surface area (TPSA) is 67.2 Å². The largest absolute Gasteiger partial charge is 0.432 e. The van der Waals surface area contributed by atoms with Crippen molar-refractivity contribution < 1.29 is 13.6 Å². The molecule has 0 unspecified atom stereocenters. The van der Waals surface area contributed by atoms with Crippen LogP contribution in [0.3, 0.4) is 0 Å². The zero-order valence-corrected chi connectivity index (χ0v) is 11.9. The highest BCUT2D eigenvalue weighted by atomic mass is 19.1. The van der Waals surface area contributed by atoms with E-state index in [0.29, 0.717) is 17.6 Å². The summed E-state index contributed by atoms with van der Waals surface area (Å²) in [5, 5.41) is 6.41. The normalized spacial score (nSPS) is 26.3. The Morgan fingerprint density at radius 2 is 2.23 bits per heavy atom.